The number of imidazole rings is 1. The second-order valence-corrected chi connectivity index (χ2v) is 5.08. The molecule has 0 spiro atoms. The van der Waals surface area contributed by atoms with Crippen LogP contribution in [0.1, 0.15) is 29.4 Å². The molecule has 0 saturated heterocycles. The first-order chi connectivity index (χ1) is 8.49. The van der Waals surface area contributed by atoms with Crippen molar-refractivity contribution in [3.63, 3.8) is 0 Å². The van der Waals surface area contributed by atoms with Crippen molar-refractivity contribution < 1.29 is 0 Å². The molecule has 0 aliphatic rings. The molecule has 0 aliphatic carbocycles. The van der Waals surface area contributed by atoms with Crippen LogP contribution in [0.5, 0.6) is 0 Å². The number of benzene rings is 1. The molecule has 2 N–H and O–H groups in total. The minimum Gasteiger partial charge on any atom is -0.328 e. The Morgan fingerprint density at radius 2 is 2.00 bits per heavy atom. The molecular weight excluding hydrogens is 222 g/mol. The number of aromatic nitrogens is 2. The van der Waals surface area contributed by atoms with E-state index in [1.807, 2.05) is 20.2 Å². The first-order valence-electron chi connectivity index (χ1n) is 6.35. The van der Waals surface area contributed by atoms with Crippen molar-refractivity contribution >= 4 is 0 Å². The van der Waals surface area contributed by atoms with Crippen LogP contribution in [0.25, 0.3) is 5.69 Å². The SMILES string of the molecule is Cc1cc(-n2cnc(C)c2C)ccc1CC(C)N. The van der Waals surface area contributed by atoms with Crippen molar-refractivity contribution in [3.8, 4) is 5.69 Å². The van der Waals surface area contributed by atoms with E-state index in [1.165, 1.54) is 22.5 Å². The van der Waals surface area contributed by atoms with Gasteiger partial charge < -0.3 is 10.3 Å². The van der Waals surface area contributed by atoms with Crippen LogP contribution in [0.15, 0.2) is 24.5 Å². The third kappa shape index (κ3) is 2.46. The Morgan fingerprint density at radius 3 is 2.50 bits per heavy atom. The minimum atomic E-state index is 0.201. The molecule has 1 atom stereocenters. The van der Waals surface area contributed by atoms with Crippen LogP contribution >= 0.6 is 0 Å². The summed E-state index contributed by atoms with van der Waals surface area (Å²) in [6.07, 6.45) is 2.80. The molecule has 18 heavy (non-hydrogen) atoms. The zero-order chi connectivity index (χ0) is 13.3. The lowest BCUT2D eigenvalue weighted by molar-refractivity contribution is 0.734. The fraction of sp³-hybridized carbons (Fsp3) is 0.400. The standard InChI is InChI=1S/C15H21N3/c1-10-7-15(6-5-14(10)8-11(2)16)18-9-17-12(3)13(18)4/h5-7,9,11H,8,16H2,1-4H3. The normalized spacial score (nSPS) is 12.7. The summed E-state index contributed by atoms with van der Waals surface area (Å²) in [5.41, 5.74) is 11.9. The lowest BCUT2D eigenvalue weighted by atomic mass is 10.0. The van der Waals surface area contributed by atoms with E-state index in [2.05, 4.69) is 41.6 Å². The van der Waals surface area contributed by atoms with Crippen molar-refractivity contribution in [2.75, 3.05) is 0 Å². The maximum Gasteiger partial charge on any atom is 0.0997 e. The average molecular weight is 243 g/mol. The molecule has 0 fully saturated rings. The summed E-state index contributed by atoms with van der Waals surface area (Å²) in [7, 11) is 0. The van der Waals surface area contributed by atoms with Crippen LogP contribution in [-0.2, 0) is 6.42 Å². The summed E-state index contributed by atoms with van der Waals surface area (Å²) in [6.45, 7) is 8.30. The predicted molar refractivity (Wildman–Crippen MR) is 75.1 cm³/mol. The van der Waals surface area contributed by atoms with Gasteiger partial charge in [0.25, 0.3) is 0 Å². The molecule has 1 aromatic heterocycles. The first-order valence-corrected chi connectivity index (χ1v) is 6.35. The molecule has 0 aliphatic heterocycles. The molecule has 2 aromatic rings. The lowest BCUT2D eigenvalue weighted by Gasteiger charge is -2.12. The summed E-state index contributed by atoms with van der Waals surface area (Å²) in [5, 5.41) is 0. The van der Waals surface area contributed by atoms with E-state index in [0.717, 1.165) is 12.1 Å². The number of rotatable bonds is 3. The molecule has 1 aromatic carbocycles. The topological polar surface area (TPSA) is 43.8 Å². The van der Waals surface area contributed by atoms with Crippen molar-refractivity contribution in [2.45, 2.75) is 40.2 Å². The molecule has 3 nitrogen and oxygen atoms in total. The van der Waals surface area contributed by atoms with Gasteiger partial charge in [-0.3, -0.25) is 0 Å². The highest BCUT2D eigenvalue weighted by Crippen LogP contribution is 2.18. The van der Waals surface area contributed by atoms with Crippen molar-refractivity contribution in [2.24, 2.45) is 5.73 Å². The number of nitrogens with two attached hydrogens (primary N) is 1. The molecule has 0 amide bonds. The fourth-order valence-electron chi connectivity index (χ4n) is 2.16. The average Bonchev–Trinajstić information content (AvgIpc) is 2.62. The Morgan fingerprint density at radius 1 is 1.28 bits per heavy atom. The van der Waals surface area contributed by atoms with Gasteiger partial charge in [0.2, 0.25) is 0 Å². The molecule has 0 radical (unpaired) electrons. The van der Waals surface area contributed by atoms with Gasteiger partial charge in [-0.2, -0.15) is 0 Å². The molecule has 0 bridgehead atoms. The Hall–Kier alpha value is -1.61. The summed E-state index contributed by atoms with van der Waals surface area (Å²) in [6, 6.07) is 6.71. The minimum absolute atomic E-state index is 0.201. The maximum atomic E-state index is 5.85. The van der Waals surface area contributed by atoms with E-state index in [1.54, 1.807) is 0 Å². The highest BCUT2D eigenvalue weighted by molar-refractivity contribution is 5.42. The number of aryl methyl sites for hydroxylation is 2. The fourth-order valence-corrected chi connectivity index (χ4v) is 2.16. The smallest absolute Gasteiger partial charge is 0.0997 e. The first kappa shape index (κ1) is 12.8. The molecule has 96 valence electrons. The van der Waals surface area contributed by atoms with E-state index < -0.39 is 0 Å². The Balaban J connectivity index is 2.37. The van der Waals surface area contributed by atoms with Crippen LogP contribution in [0.3, 0.4) is 0 Å². The van der Waals surface area contributed by atoms with E-state index in [0.29, 0.717) is 0 Å². The highest BCUT2D eigenvalue weighted by Gasteiger charge is 2.07. The van der Waals surface area contributed by atoms with Crippen molar-refractivity contribution in [1.82, 2.24) is 9.55 Å². The summed E-state index contributed by atoms with van der Waals surface area (Å²) < 4.78 is 2.12. The van der Waals surface area contributed by atoms with Crippen LogP contribution in [0.4, 0.5) is 0 Å². The number of hydrogen-bond donors (Lipinski definition) is 1. The Labute approximate surface area is 109 Å². The van der Waals surface area contributed by atoms with Gasteiger partial charge in [-0.05, 0) is 57.4 Å². The third-order valence-corrected chi connectivity index (χ3v) is 3.40. The van der Waals surface area contributed by atoms with Gasteiger partial charge in [0.1, 0.15) is 0 Å². The maximum absolute atomic E-state index is 5.85. The quantitative estimate of drug-likeness (QED) is 0.900. The van der Waals surface area contributed by atoms with Gasteiger partial charge in [0.05, 0.1) is 12.0 Å². The molecule has 1 heterocycles. The molecule has 1 unspecified atom stereocenters. The van der Waals surface area contributed by atoms with Crippen molar-refractivity contribution in [3.05, 3.63) is 47.0 Å². The van der Waals surface area contributed by atoms with Gasteiger partial charge in [-0.25, -0.2) is 4.98 Å². The van der Waals surface area contributed by atoms with Crippen LogP contribution in [0, 0.1) is 20.8 Å². The van der Waals surface area contributed by atoms with Crippen molar-refractivity contribution in [1.29, 1.82) is 0 Å². The largest absolute Gasteiger partial charge is 0.328 e. The number of hydrogen-bond acceptors (Lipinski definition) is 2. The van der Waals surface area contributed by atoms with Gasteiger partial charge in [-0.1, -0.05) is 6.07 Å². The monoisotopic (exact) mass is 243 g/mol. The highest BCUT2D eigenvalue weighted by atomic mass is 15.1. The molecular formula is C15H21N3. The van der Waals surface area contributed by atoms with E-state index in [4.69, 9.17) is 5.73 Å². The molecule has 3 heteroatoms. The van der Waals surface area contributed by atoms with Crippen LogP contribution in [0.2, 0.25) is 0 Å². The second kappa shape index (κ2) is 4.94. The second-order valence-electron chi connectivity index (χ2n) is 5.08. The van der Waals surface area contributed by atoms with E-state index >= 15 is 0 Å². The predicted octanol–water partition coefficient (Wildman–Crippen LogP) is 2.69. The summed E-state index contributed by atoms with van der Waals surface area (Å²) in [5.74, 6) is 0. The van der Waals surface area contributed by atoms with Gasteiger partial charge in [-0.15, -0.1) is 0 Å². The van der Waals surface area contributed by atoms with E-state index in [9.17, 15) is 0 Å². The zero-order valence-corrected chi connectivity index (χ0v) is 11.6. The zero-order valence-electron chi connectivity index (χ0n) is 11.6. The molecule has 0 saturated carbocycles. The Kier molecular flexibility index (Phi) is 3.53. The summed E-state index contributed by atoms with van der Waals surface area (Å²) in [4.78, 5) is 4.34. The van der Waals surface area contributed by atoms with Gasteiger partial charge >= 0.3 is 0 Å². The van der Waals surface area contributed by atoms with E-state index in [-0.39, 0.29) is 6.04 Å². The third-order valence-electron chi connectivity index (χ3n) is 3.40. The Bertz CT molecular complexity index is 553. The lowest BCUT2D eigenvalue weighted by Crippen LogP contribution is -2.18. The van der Waals surface area contributed by atoms with Crippen LogP contribution < -0.4 is 5.73 Å². The number of nitrogens with zero attached hydrogens (tertiary/aromatic N) is 2. The van der Waals surface area contributed by atoms with Gasteiger partial charge in [0, 0.05) is 17.4 Å². The van der Waals surface area contributed by atoms with Gasteiger partial charge in [0.15, 0.2) is 0 Å². The molecule has 2 rings (SSSR count). The summed E-state index contributed by atoms with van der Waals surface area (Å²) >= 11 is 0. The van der Waals surface area contributed by atoms with Crippen LogP contribution in [-0.4, -0.2) is 15.6 Å².